The number of ether oxygens (including phenoxy) is 1. The first-order valence-corrected chi connectivity index (χ1v) is 6.17. The summed E-state index contributed by atoms with van der Waals surface area (Å²) < 4.78 is 6.18. The highest BCUT2D eigenvalue weighted by Gasteiger charge is 2.37. The van der Waals surface area contributed by atoms with Gasteiger partial charge in [-0.15, -0.1) is 0 Å². The van der Waals surface area contributed by atoms with Crippen molar-refractivity contribution >= 4 is 11.8 Å². The summed E-state index contributed by atoms with van der Waals surface area (Å²) in [5.41, 5.74) is -0.918. The number of ketones is 1. The average Bonchev–Trinajstić information content (AvgIpc) is 2.35. The maximum absolute atomic E-state index is 12.2. The van der Waals surface area contributed by atoms with Crippen molar-refractivity contribution in [3.8, 4) is 0 Å². The van der Waals surface area contributed by atoms with Crippen LogP contribution >= 0.6 is 0 Å². The van der Waals surface area contributed by atoms with Gasteiger partial charge in [-0.1, -0.05) is 6.07 Å². The Hall–Kier alpha value is -1.91. The fourth-order valence-corrected chi connectivity index (χ4v) is 1.56. The van der Waals surface area contributed by atoms with Crippen molar-refractivity contribution in [3.05, 3.63) is 34.2 Å². The highest BCUT2D eigenvalue weighted by Crippen LogP contribution is 2.19. The lowest BCUT2D eigenvalue weighted by molar-refractivity contribution is -0.158. The molecule has 1 rings (SSSR count). The van der Waals surface area contributed by atoms with Crippen molar-refractivity contribution in [2.75, 3.05) is 6.61 Å². The van der Waals surface area contributed by atoms with E-state index in [1.165, 1.54) is 24.6 Å². The molecule has 0 N–H and O–H groups in total. The van der Waals surface area contributed by atoms with Gasteiger partial charge in [-0.3, -0.25) is 14.4 Å². The van der Waals surface area contributed by atoms with E-state index in [-0.39, 0.29) is 24.5 Å². The molecule has 0 bridgehead atoms. The van der Waals surface area contributed by atoms with Gasteiger partial charge in [0.25, 0.3) is 5.56 Å². The van der Waals surface area contributed by atoms with Crippen LogP contribution in [0.3, 0.4) is 0 Å². The molecule has 0 saturated heterocycles. The van der Waals surface area contributed by atoms with E-state index in [2.05, 4.69) is 0 Å². The van der Waals surface area contributed by atoms with Crippen LogP contribution in [0.2, 0.25) is 0 Å². The molecule has 0 spiro atoms. The predicted octanol–water partition coefficient (Wildman–Crippen LogP) is 1.32. The number of hydrogen-bond acceptors (Lipinski definition) is 4. The monoisotopic (exact) mass is 265 g/mol. The molecule has 0 radical (unpaired) electrons. The lowest BCUT2D eigenvalue weighted by Crippen LogP contribution is -2.39. The van der Waals surface area contributed by atoms with Gasteiger partial charge in [0.1, 0.15) is 5.41 Å². The second-order valence-electron chi connectivity index (χ2n) is 4.89. The minimum absolute atomic E-state index is 0.133. The fourth-order valence-electron chi connectivity index (χ4n) is 1.56. The number of rotatable bonds is 5. The lowest BCUT2D eigenvalue weighted by atomic mass is 9.88. The number of esters is 1. The van der Waals surface area contributed by atoms with Gasteiger partial charge >= 0.3 is 5.97 Å². The van der Waals surface area contributed by atoms with Gasteiger partial charge in [0.15, 0.2) is 5.78 Å². The molecule has 0 fully saturated rings. The second-order valence-corrected chi connectivity index (χ2v) is 4.89. The first kappa shape index (κ1) is 15.1. The van der Waals surface area contributed by atoms with Crippen LogP contribution in [0.4, 0.5) is 0 Å². The highest BCUT2D eigenvalue weighted by atomic mass is 16.5. The second kappa shape index (κ2) is 5.82. The molecule has 1 aromatic heterocycles. The topological polar surface area (TPSA) is 65.4 Å². The largest absolute Gasteiger partial charge is 0.465 e. The third-order valence-corrected chi connectivity index (χ3v) is 3.01. The first-order chi connectivity index (χ1) is 8.80. The number of aromatic nitrogens is 1. The van der Waals surface area contributed by atoms with E-state index < -0.39 is 11.4 Å². The van der Waals surface area contributed by atoms with Gasteiger partial charge in [0, 0.05) is 11.8 Å². The molecule has 0 saturated carbocycles. The number of Topliss-reactive ketones (excluding diaryl/α,β-unsaturated/α-hetero) is 1. The van der Waals surface area contributed by atoms with Gasteiger partial charge in [-0.2, -0.15) is 0 Å². The molecule has 19 heavy (non-hydrogen) atoms. The summed E-state index contributed by atoms with van der Waals surface area (Å²) in [4.78, 5) is 35.7. The van der Waals surface area contributed by atoms with E-state index in [4.69, 9.17) is 4.74 Å². The molecule has 1 aromatic rings. The summed E-state index contributed by atoms with van der Waals surface area (Å²) in [5, 5.41) is 0. The standard InChI is InChI=1S/C14H19NO4/c1-5-19-13(18)14(3,4)11(16)9-15-8-6-7-10(2)12(15)17/h6-8H,5,9H2,1-4H3. The SMILES string of the molecule is CCOC(=O)C(C)(C)C(=O)Cn1cccc(C)c1=O. The average molecular weight is 265 g/mol. The van der Waals surface area contributed by atoms with Gasteiger partial charge in [-0.05, 0) is 33.8 Å². The Morgan fingerprint density at radius 1 is 1.37 bits per heavy atom. The van der Waals surface area contributed by atoms with Crippen molar-refractivity contribution in [2.24, 2.45) is 5.41 Å². The summed E-state index contributed by atoms with van der Waals surface area (Å²) in [6, 6.07) is 3.38. The maximum atomic E-state index is 12.2. The minimum atomic E-state index is -1.25. The van der Waals surface area contributed by atoms with Crippen molar-refractivity contribution < 1.29 is 14.3 Å². The summed E-state index contributed by atoms with van der Waals surface area (Å²) >= 11 is 0. The minimum Gasteiger partial charge on any atom is -0.465 e. The molecular weight excluding hydrogens is 246 g/mol. The van der Waals surface area contributed by atoms with E-state index in [9.17, 15) is 14.4 Å². The fraction of sp³-hybridized carbons (Fsp3) is 0.500. The number of carbonyl (C=O) groups is 2. The smallest absolute Gasteiger partial charge is 0.319 e. The Labute approximate surface area is 112 Å². The number of nitrogens with zero attached hydrogens (tertiary/aromatic N) is 1. The summed E-state index contributed by atoms with van der Waals surface area (Å²) in [7, 11) is 0. The lowest BCUT2D eigenvalue weighted by Gasteiger charge is -2.21. The number of hydrogen-bond donors (Lipinski definition) is 0. The molecule has 5 nitrogen and oxygen atoms in total. The molecule has 0 unspecified atom stereocenters. The van der Waals surface area contributed by atoms with E-state index in [1.807, 2.05) is 0 Å². The van der Waals surface area contributed by atoms with Crippen LogP contribution in [0.15, 0.2) is 23.1 Å². The van der Waals surface area contributed by atoms with Crippen LogP contribution in [0.1, 0.15) is 26.3 Å². The van der Waals surface area contributed by atoms with Crippen molar-refractivity contribution in [1.82, 2.24) is 4.57 Å². The van der Waals surface area contributed by atoms with E-state index in [1.54, 1.807) is 26.0 Å². The van der Waals surface area contributed by atoms with E-state index >= 15 is 0 Å². The number of aryl methyl sites for hydroxylation is 1. The molecule has 0 atom stereocenters. The highest BCUT2D eigenvalue weighted by molar-refractivity contribution is 6.02. The molecular formula is C14H19NO4. The Bertz CT molecular complexity index is 543. The van der Waals surface area contributed by atoms with E-state index in [0.29, 0.717) is 5.56 Å². The zero-order chi connectivity index (χ0) is 14.6. The van der Waals surface area contributed by atoms with Crippen LogP contribution in [-0.4, -0.2) is 22.9 Å². The summed E-state index contributed by atoms with van der Waals surface area (Å²) in [6.45, 7) is 6.47. The zero-order valence-electron chi connectivity index (χ0n) is 11.7. The molecule has 0 aliphatic rings. The Morgan fingerprint density at radius 3 is 2.58 bits per heavy atom. The molecule has 5 heteroatoms. The third kappa shape index (κ3) is 3.30. The van der Waals surface area contributed by atoms with Gasteiger partial charge in [0.05, 0.1) is 13.2 Å². The Balaban J connectivity index is 2.93. The van der Waals surface area contributed by atoms with Crippen molar-refractivity contribution in [1.29, 1.82) is 0 Å². The molecule has 0 aliphatic heterocycles. The quantitative estimate of drug-likeness (QED) is 0.595. The Kier molecular flexibility index (Phi) is 4.64. The van der Waals surface area contributed by atoms with Crippen LogP contribution in [0.5, 0.6) is 0 Å². The number of pyridine rings is 1. The Morgan fingerprint density at radius 2 is 2.00 bits per heavy atom. The first-order valence-electron chi connectivity index (χ1n) is 6.17. The van der Waals surface area contributed by atoms with Gasteiger partial charge in [0.2, 0.25) is 0 Å². The van der Waals surface area contributed by atoms with Crippen LogP contribution in [-0.2, 0) is 20.9 Å². The van der Waals surface area contributed by atoms with Crippen molar-refractivity contribution in [2.45, 2.75) is 34.2 Å². The molecule has 104 valence electrons. The van der Waals surface area contributed by atoms with Crippen LogP contribution < -0.4 is 5.56 Å². The molecule has 0 aromatic carbocycles. The number of carbonyl (C=O) groups excluding carboxylic acids is 2. The van der Waals surface area contributed by atoms with Crippen LogP contribution in [0.25, 0.3) is 0 Å². The molecule has 0 amide bonds. The zero-order valence-corrected chi connectivity index (χ0v) is 11.7. The van der Waals surface area contributed by atoms with Gasteiger partial charge in [-0.25, -0.2) is 0 Å². The summed E-state index contributed by atoms with van der Waals surface area (Å²) in [6.07, 6.45) is 1.54. The van der Waals surface area contributed by atoms with E-state index in [0.717, 1.165) is 0 Å². The van der Waals surface area contributed by atoms with Crippen molar-refractivity contribution in [3.63, 3.8) is 0 Å². The molecule has 1 heterocycles. The maximum Gasteiger partial charge on any atom is 0.319 e. The third-order valence-electron chi connectivity index (χ3n) is 3.01. The molecule has 0 aliphatic carbocycles. The predicted molar refractivity (Wildman–Crippen MR) is 70.9 cm³/mol. The van der Waals surface area contributed by atoms with Crippen LogP contribution in [0, 0.1) is 12.3 Å². The summed E-state index contributed by atoms with van der Waals surface area (Å²) in [5.74, 6) is -0.917. The normalized spacial score (nSPS) is 11.2. The van der Waals surface area contributed by atoms with Gasteiger partial charge < -0.3 is 9.30 Å².